The minimum absolute atomic E-state index is 0. The minimum atomic E-state index is -1.04. The molecular formula is C79H86N4O13V2. The van der Waals surface area contributed by atoms with E-state index >= 15 is 0 Å². The van der Waals surface area contributed by atoms with Crippen molar-refractivity contribution in [3.63, 3.8) is 0 Å². The first-order valence-electron chi connectivity index (χ1n) is 31.8. The number of Topliss-reactive ketones (excluding diaryl/α,β-unsaturated/α-hetero) is 4. The van der Waals surface area contributed by atoms with Crippen molar-refractivity contribution in [2.75, 3.05) is 13.2 Å². The van der Waals surface area contributed by atoms with Gasteiger partial charge in [0.05, 0.1) is 43.3 Å². The summed E-state index contributed by atoms with van der Waals surface area (Å²) in [6.45, 7) is 4.45. The topological polar surface area (TPSA) is 262 Å². The van der Waals surface area contributed by atoms with Gasteiger partial charge in [0.1, 0.15) is 24.4 Å². The Balaban J connectivity index is 0.000000294. The number of nitrogens with one attached hydrogen (secondary N) is 3. The Morgan fingerprint density at radius 1 is 0.398 bits per heavy atom. The molecule has 3 amide bonds. The molecule has 2 radical (unpaired) electrons. The molecular weight excluding hydrogens is 1310 g/mol. The van der Waals surface area contributed by atoms with Crippen molar-refractivity contribution in [3.8, 4) is 0 Å². The van der Waals surface area contributed by atoms with E-state index in [1.807, 2.05) is 243 Å². The smallest absolute Gasteiger partial charge is 0.408 e. The molecule has 6 N–H and O–H groups in total. The Kier molecular flexibility index (Phi) is 33.0. The first kappa shape index (κ1) is 79.7. The fourth-order valence-corrected chi connectivity index (χ4v) is 10.6. The van der Waals surface area contributed by atoms with Crippen molar-refractivity contribution >= 4 is 47.2 Å². The summed E-state index contributed by atoms with van der Waals surface area (Å²) in [6, 6.07) is 71.9. The summed E-state index contributed by atoms with van der Waals surface area (Å²) in [5.74, 6) is -4.01. The largest absolute Gasteiger partial charge is 0.481 e. The number of epoxide rings is 2. The number of alkyl carbamates (subject to hydrolysis) is 2. The van der Waals surface area contributed by atoms with E-state index < -0.39 is 71.3 Å². The summed E-state index contributed by atoms with van der Waals surface area (Å²) in [6.07, 6.45) is 0.0649. The minimum Gasteiger partial charge on any atom is -0.481 e. The normalized spacial score (nSPS) is 16.3. The van der Waals surface area contributed by atoms with Crippen LogP contribution in [0.15, 0.2) is 243 Å². The molecule has 98 heavy (non-hydrogen) atoms. The van der Waals surface area contributed by atoms with Gasteiger partial charge in [0.15, 0.2) is 23.1 Å². The zero-order chi connectivity index (χ0) is 67.4. The third-order valence-corrected chi connectivity index (χ3v) is 16.4. The summed E-state index contributed by atoms with van der Waals surface area (Å²) < 4.78 is 21.2. The molecule has 2 unspecified atom stereocenters. The number of carboxylic acids is 1. The predicted molar refractivity (Wildman–Crippen MR) is 367 cm³/mol. The molecule has 2 saturated heterocycles. The van der Waals surface area contributed by atoms with Crippen LogP contribution in [0, 0.1) is 11.8 Å². The van der Waals surface area contributed by atoms with Gasteiger partial charge in [0.2, 0.25) is 5.91 Å². The molecule has 0 bridgehead atoms. The van der Waals surface area contributed by atoms with E-state index in [2.05, 4.69) is 16.0 Å². The van der Waals surface area contributed by atoms with Gasteiger partial charge in [0.25, 0.3) is 0 Å². The molecule has 2 aliphatic rings. The third kappa shape index (κ3) is 26.8. The van der Waals surface area contributed by atoms with Gasteiger partial charge in [-0.25, -0.2) is 9.59 Å². The van der Waals surface area contributed by atoms with E-state index in [0.717, 1.165) is 44.5 Å². The van der Waals surface area contributed by atoms with Crippen LogP contribution in [0.5, 0.6) is 0 Å². The summed E-state index contributed by atoms with van der Waals surface area (Å²) in [7, 11) is 0. The van der Waals surface area contributed by atoms with Crippen molar-refractivity contribution in [1.82, 2.24) is 16.0 Å². The third-order valence-electron chi connectivity index (χ3n) is 16.4. The SMILES string of the molecule is C.CC1(C(=O)[C@@H](N)Cc2ccccc2)CO1.C[C@]1(C(=O)[C@H](Cc2ccccc2)NC(=O)[C@@H](CC(=O)C(Cc2ccccc2)NC(=O)OCc2ccccc2)Cc2ccccc2)CO1.O=C(N[C@H](Cc1ccccc1)C(=O)C[C@@H](Cc1ccccc1)C(=O)O)OCc1ccccc1.[V].[V]. The van der Waals surface area contributed by atoms with Gasteiger partial charge in [0, 0.05) is 55.9 Å². The maximum Gasteiger partial charge on any atom is 0.408 e. The number of amides is 3. The van der Waals surface area contributed by atoms with E-state index in [-0.39, 0.29) is 119 Å². The van der Waals surface area contributed by atoms with Gasteiger partial charge in [-0.2, -0.15) is 0 Å². The average Bonchev–Trinajstić information content (AvgIpc) is 1.64. The number of ketones is 4. The molecule has 0 spiro atoms. The van der Waals surface area contributed by atoms with Crippen LogP contribution in [0.4, 0.5) is 9.59 Å². The maximum atomic E-state index is 14.0. The summed E-state index contributed by atoms with van der Waals surface area (Å²) in [5, 5.41) is 18.0. The molecule has 17 nitrogen and oxygen atoms in total. The fraction of sp³-hybridized carbons (Fsp3) is 0.291. The number of carbonyl (C=O) groups excluding carboxylic acids is 7. The number of hydrogen-bond acceptors (Lipinski definition) is 13. The molecule has 510 valence electrons. The van der Waals surface area contributed by atoms with Crippen molar-refractivity contribution in [1.29, 1.82) is 0 Å². The predicted octanol–water partition coefficient (Wildman–Crippen LogP) is 11.4. The van der Waals surface area contributed by atoms with Crippen LogP contribution >= 0.6 is 0 Å². The number of carboxylic acid groups (broad SMARTS) is 1. The second kappa shape index (κ2) is 40.6. The first-order valence-corrected chi connectivity index (χ1v) is 31.8. The molecule has 2 heterocycles. The molecule has 8 aromatic rings. The van der Waals surface area contributed by atoms with Crippen molar-refractivity contribution in [3.05, 3.63) is 287 Å². The Bertz CT molecular complexity index is 3750. The Morgan fingerprint density at radius 2 is 0.663 bits per heavy atom. The van der Waals surface area contributed by atoms with E-state index in [1.165, 1.54) is 0 Å². The number of carbonyl (C=O) groups is 8. The number of nitrogens with two attached hydrogens (primary N) is 1. The van der Waals surface area contributed by atoms with Crippen molar-refractivity contribution in [2.45, 2.75) is 121 Å². The van der Waals surface area contributed by atoms with Gasteiger partial charge in [-0.3, -0.25) is 28.8 Å². The van der Waals surface area contributed by atoms with Gasteiger partial charge in [-0.05, 0) is 96.9 Å². The summed E-state index contributed by atoms with van der Waals surface area (Å²) >= 11 is 0. The summed E-state index contributed by atoms with van der Waals surface area (Å²) in [5.41, 5.74) is 11.3. The van der Waals surface area contributed by atoms with Crippen LogP contribution in [0.3, 0.4) is 0 Å². The molecule has 2 aliphatic heterocycles. The standard InChI is InChI=1S/C39H40N2O6.C27H27NO5.C12H15NO2.CH4.2V/c1-39(27-47-39)36(43)34(24-30-18-10-4-11-19-30)40-37(44)32(22-28-14-6-2-7-15-28)25-35(42)33(23-29-16-8-3-9-17-29)41-38(45)46-26-31-20-12-5-13-21-31;29-25(18-23(26(30)31)16-20-10-4-1-5-11-20)24(17-21-12-6-2-7-13-21)28-27(32)33-19-22-14-8-3-9-15-22;1-12(8-15-12)11(14)10(13)7-9-5-3-2-4-6-9;;;/h2-21,32-34H,22-27H2,1H3,(H,40,44)(H,41,45);1-15,23-24H,16-19H2,(H,28,32)(H,30,31);2-6,10H,7-8,13H2,1H3;1H4;;/t32-,33?,34+,39-;23-,24-;10-,12?;;;/m110.../s1. The van der Waals surface area contributed by atoms with Gasteiger partial charge in [-0.15, -0.1) is 0 Å². The number of rotatable bonds is 31. The average molecular weight is 1400 g/mol. The van der Waals surface area contributed by atoms with Gasteiger partial charge < -0.3 is 45.7 Å². The van der Waals surface area contributed by atoms with E-state index in [9.17, 15) is 43.5 Å². The molecule has 8 atom stereocenters. The first-order chi connectivity index (χ1) is 45.9. The molecule has 0 aliphatic carbocycles. The number of ether oxygens (including phenoxy) is 4. The molecule has 2 fully saturated rings. The zero-order valence-electron chi connectivity index (χ0n) is 54.4. The van der Waals surface area contributed by atoms with Crippen molar-refractivity contribution < 1.29 is 99.5 Å². The molecule has 10 rings (SSSR count). The monoisotopic (exact) mass is 1400 g/mol. The molecule has 19 heteroatoms. The maximum absolute atomic E-state index is 14.0. The molecule has 0 saturated carbocycles. The van der Waals surface area contributed by atoms with Gasteiger partial charge in [-0.1, -0.05) is 250 Å². The number of benzene rings is 8. The second-order valence-electron chi connectivity index (χ2n) is 24.2. The fourth-order valence-electron chi connectivity index (χ4n) is 10.6. The molecule has 0 aromatic heterocycles. The van der Waals surface area contributed by atoms with Crippen LogP contribution in [0.25, 0.3) is 0 Å². The van der Waals surface area contributed by atoms with E-state index in [0.29, 0.717) is 26.1 Å². The van der Waals surface area contributed by atoms with Crippen LogP contribution in [-0.4, -0.2) is 101 Å². The van der Waals surface area contributed by atoms with Crippen LogP contribution in [0.1, 0.15) is 78.6 Å². The van der Waals surface area contributed by atoms with Crippen LogP contribution < -0.4 is 21.7 Å². The van der Waals surface area contributed by atoms with E-state index in [4.69, 9.17) is 24.7 Å². The Labute approximate surface area is 598 Å². The Morgan fingerprint density at radius 3 is 0.980 bits per heavy atom. The second-order valence-corrected chi connectivity index (χ2v) is 24.2. The van der Waals surface area contributed by atoms with Crippen LogP contribution in [-0.2, 0) is 137 Å². The quantitative estimate of drug-likeness (QED) is 0.0253. The van der Waals surface area contributed by atoms with Crippen molar-refractivity contribution in [2.24, 2.45) is 17.6 Å². The van der Waals surface area contributed by atoms with Crippen LogP contribution in [0.2, 0.25) is 0 Å². The zero-order valence-corrected chi connectivity index (χ0v) is 57.2. The number of hydrogen-bond donors (Lipinski definition) is 5. The number of aliphatic carboxylic acids is 1. The summed E-state index contributed by atoms with van der Waals surface area (Å²) in [4.78, 5) is 104. The van der Waals surface area contributed by atoms with E-state index in [1.54, 1.807) is 13.8 Å². The molecule has 8 aromatic carbocycles. The Hall–Kier alpha value is -9.03. The van der Waals surface area contributed by atoms with Gasteiger partial charge >= 0.3 is 18.2 Å².